The summed E-state index contributed by atoms with van der Waals surface area (Å²) in [6.45, 7) is 3.95. The lowest BCUT2D eigenvalue weighted by Gasteiger charge is -2.18. The predicted molar refractivity (Wildman–Crippen MR) is 91.4 cm³/mol. The second kappa shape index (κ2) is 6.01. The molecule has 0 bridgehead atoms. The van der Waals surface area contributed by atoms with E-state index >= 15 is 0 Å². The Balaban J connectivity index is 2.18. The summed E-state index contributed by atoms with van der Waals surface area (Å²) in [5.41, 5.74) is 3.05. The highest BCUT2D eigenvalue weighted by molar-refractivity contribution is 9.10. The highest BCUT2D eigenvalue weighted by Gasteiger charge is 2.23. The second-order valence-corrected chi connectivity index (χ2v) is 6.41. The monoisotopic (exact) mass is 356 g/mol. The van der Waals surface area contributed by atoms with Gasteiger partial charge in [0.1, 0.15) is 17.3 Å². The number of hydrogen-bond acceptors (Lipinski definition) is 2. The smallest absolute Gasteiger partial charge is 0.119 e. The van der Waals surface area contributed by atoms with Crippen LogP contribution in [-0.4, -0.2) is 5.11 Å². The highest BCUT2D eigenvalue weighted by atomic mass is 79.9. The summed E-state index contributed by atoms with van der Waals surface area (Å²) in [5, 5.41) is 10.3. The first-order chi connectivity index (χ1) is 10.5. The van der Waals surface area contributed by atoms with Crippen LogP contribution in [0.5, 0.6) is 5.75 Å². The molecule has 0 unspecified atom stereocenters. The summed E-state index contributed by atoms with van der Waals surface area (Å²) in [6, 6.07) is 17.7. The van der Waals surface area contributed by atoms with Gasteiger partial charge in [0.2, 0.25) is 0 Å². The minimum Gasteiger partial charge on any atom is -0.508 e. The molecule has 22 heavy (non-hydrogen) atoms. The van der Waals surface area contributed by atoms with Crippen LogP contribution in [0, 0.1) is 13.8 Å². The minimum absolute atomic E-state index is 0.123. The van der Waals surface area contributed by atoms with Crippen molar-refractivity contribution in [3.63, 3.8) is 0 Å². The molecular formula is C19H17BrO2. The zero-order chi connectivity index (χ0) is 15.7. The number of benzene rings is 2. The highest BCUT2D eigenvalue weighted by Crippen LogP contribution is 2.38. The maximum absolute atomic E-state index is 10.3. The van der Waals surface area contributed by atoms with Gasteiger partial charge < -0.3 is 9.52 Å². The largest absolute Gasteiger partial charge is 0.508 e. The summed E-state index contributed by atoms with van der Waals surface area (Å²) in [5.74, 6) is 1.86. The van der Waals surface area contributed by atoms with Crippen LogP contribution >= 0.6 is 15.9 Å². The number of aromatic hydroxyl groups is 1. The average Bonchev–Trinajstić information content (AvgIpc) is 2.91. The lowest BCUT2D eigenvalue weighted by Crippen LogP contribution is -2.03. The lowest BCUT2D eigenvalue weighted by atomic mass is 9.88. The van der Waals surface area contributed by atoms with E-state index in [0.29, 0.717) is 0 Å². The number of aryl methyl sites for hydroxylation is 2. The Morgan fingerprint density at radius 2 is 1.68 bits per heavy atom. The van der Waals surface area contributed by atoms with Crippen LogP contribution in [0.15, 0.2) is 63.5 Å². The molecule has 1 heterocycles. The van der Waals surface area contributed by atoms with Gasteiger partial charge in [-0.3, -0.25) is 0 Å². The molecule has 0 spiro atoms. The van der Waals surface area contributed by atoms with Gasteiger partial charge >= 0.3 is 0 Å². The molecule has 3 rings (SSSR count). The van der Waals surface area contributed by atoms with E-state index < -0.39 is 0 Å². The van der Waals surface area contributed by atoms with Crippen molar-refractivity contribution in [2.24, 2.45) is 0 Å². The van der Waals surface area contributed by atoms with Gasteiger partial charge in [0.25, 0.3) is 0 Å². The number of furan rings is 1. The summed E-state index contributed by atoms with van der Waals surface area (Å²) >= 11 is 3.46. The number of phenols is 1. The summed E-state index contributed by atoms with van der Waals surface area (Å²) in [4.78, 5) is 0. The van der Waals surface area contributed by atoms with Gasteiger partial charge in [0.15, 0.2) is 0 Å². The Hall–Kier alpha value is -2.00. The zero-order valence-electron chi connectivity index (χ0n) is 12.5. The third-order valence-electron chi connectivity index (χ3n) is 3.74. The van der Waals surface area contributed by atoms with E-state index in [-0.39, 0.29) is 11.7 Å². The zero-order valence-corrected chi connectivity index (χ0v) is 14.1. The van der Waals surface area contributed by atoms with E-state index in [0.717, 1.165) is 32.7 Å². The van der Waals surface area contributed by atoms with E-state index in [1.807, 2.05) is 62.4 Å². The molecule has 0 aliphatic carbocycles. The van der Waals surface area contributed by atoms with Gasteiger partial charge in [-0.1, -0.05) is 45.8 Å². The Morgan fingerprint density at radius 3 is 2.32 bits per heavy atom. The third-order valence-corrected chi connectivity index (χ3v) is 4.27. The van der Waals surface area contributed by atoms with Gasteiger partial charge in [0.05, 0.1) is 5.92 Å². The molecule has 1 aromatic heterocycles. The van der Waals surface area contributed by atoms with Crippen molar-refractivity contribution in [1.82, 2.24) is 0 Å². The standard InChI is InChI=1S/C19H17BrO2/c1-12-3-9-17(21)16(11-12)19(18-10-4-13(2)22-18)14-5-7-15(20)8-6-14/h3-11,19,21H,1-2H3/t19-/m1/s1. The topological polar surface area (TPSA) is 33.4 Å². The molecule has 1 atom stereocenters. The first-order valence-electron chi connectivity index (χ1n) is 7.16. The van der Waals surface area contributed by atoms with Crippen molar-refractivity contribution >= 4 is 15.9 Å². The Labute approximate surface area is 138 Å². The van der Waals surface area contributed by atoms with Gasteiger partial charge in [0, 0.05) is 10.0 Å². The lowest BCUT2D eigenvalue weighted by molar-refractivity contribution is 0.450. The molecule has 0 aliphatic heterocycles. The molecule has 0 amide bonds. The van der Waals surface area contributed by atoms with Gasteiger partial charge in [-0.15, -0.1) is 0 Å². The first kappa shape index (κ1) is 14.9. The molecule has 0 radical (unpaired) electrons. The number of rotatable bonds is 3. The fourth-order valence-electron chi connectivity index (χ4n) is 2.67. The summed E-state index contributed by atoms with van der Waals surface area (Å²) in [6.07, 6.45) is 0. The molecule has 0 fully saturated rings. The van der Waals surface area contributed by atoms with Gasteiger partial charge in [-0.2, -0.15) is 0 Å². The van der Waals surface area contributed by atoms with Crippen LogP contribution in [0.4, 0.5) is 0 Å². The van der Waals surface area contributed by atoms with E-state index in [1.54, 1.807) is 6.07 Å². The SMILES string of the molecule is Cc1ccc(O)c([C@@H](c2ccc(Br)cc2)c2ccc(C)o2)c1. The maximum Gasteiger partial charge on any atom is 0.119 e. The van der Waals surface area contributed by atoms with E-state index in [4.69, 9.17) is 4.42 Å². The molecule has 0 saturated heterocycles. The fraction of sp³-hybridized carbons (Fsp3) is 0.158. The van der Waals surface area contributed by atoms with Crippen molar-refractivity contribution in [1.29, 1.82) is 0 Å². The second-order valence-electron chi connectivity index (χ2n) is 5.50. The van der Waals surface area contributed by atoms with Crippen LogP contribution in [0.1, 0.15) is 34.1 Å². The first-order valence-corrected chi connectivity index (χ1v) is 7.95. The molecule has 3 heteroatoms. The van der Waals surface area contributed by atoms with E-state index in [1.165, 1.54) is 0 Å². The molecule has 112 valence electrons. The molecule has 2 aromatic carbocycles. The van der Waals surface area contributed by atoms with Crippen LogP contribution in [0.3, 0.4) is 0 Å². The van der Waals surface area contributed by atoms with E-state index in [2.05, 4.69) is 15.9 Å². The van der Waals surface area contributed by atoms with Crippen molar-refractivity contribution in [2.75, 3.05) is 0 Å². The van der Waals surface area contributed by atoms with Gasteiger partial charge in [-0.05, 0) is 49.7 Å². The molecule has 0 saturated carbocycles. The van der Waals surface area contributed by atoms with E-state index in [9.17, 15) is 5.11 Å². The Morgan fingerprint density at radius 1 is 0.955 bits per heavy atom. The molecule has 3 aromatic rings. The third kappa shape index (κ3) is 2.95. The molecular weight excluding hydrogens is 340 g/mol. The van der Waals surface area contributed by atoms with Crippen LogP contribution in [0.2, 0.25) is 0 Å². The summed E-state index contributed by atoms with van der Waals surface area (Å²) in [7, 11) is 0. The Bertz CT molecular complexity index is 787. The quantitative estimate of drug-likeness (QED) is 0.667. The molecule has 0 aliphatic rings. The van der Waals surface area contributed by atoms with Gasteiger partial charge in [-0.25, -0.2) is 0 Å². The number of phenolic OH excluding ortho intramolecular Hbond substituents is 1. The molecule has 1 N–H and O–H groups in total. The summed E-state index contributed by atoms with van der Waals surface area (Å²) < 4.78 is 6.88. The van der Waals surface area contributed by atoms with Crippen molar-refractivity contribution < 1.29 is 9.52 Å². The van der Waals surface area contributed by atoms with Crippen molar-refractivity contribution in [3.8, 4) is 5.75 Å². The fourth-order valence-corrected chi connectivity index (χ4v) is 2.93. The number of hydrogen-bond donors (Lipinski definition) is 1. The number of halogens is 1. The maximum atomic E-state index is 10.3. The van der Waals surface area contributed by atoms with Crippen molar-refractivity contribution in [3.05, 3.63) is 87.3 Å². The normalized spacial score (nSPS) is 12.3. The van der Waals surface area contributed by atoms with Crippen molar-refractivity contribution in [2.45, 2.75) is 19.8 Å². The predicted octanol–water partition coefficient (Wildman–Crippen LogP) is 5.54. The average molecular weight is 357 g/mol. The van der Waals surface area contributed by atoms with Crippen LogP contribution < -0.4 is 0 Å². The molecule has 2 nitrogen and oxygen atoms in total. The Kier molecular flexibility index (Phi) is 4.08. The minimum atomic E-state index is -0.123. The van der Waals surface area contributed by atoms with Crippen LogP contribution in [0.25, 0.3) is 0 Å². The van der Waals surface area contributed by atoms with Crippen LogP contribution in [-0.2, 0) is 0 Å².